The van der Waals surface area contributed by atoms with Gasteiger partial charge in [0.1, 0.15) is 6.10 Å². The maximum atomic E-state index is 11.0. The molecule has 2 aromatic rings. The van der Waals surface area contributed by atoms with E-state index in [1.807, 2.05) is 0 Å². The van der Waals surface area contributed by atoms with Crippen molar-refractivity contribution in [1.29, 1.82) is 0 Å². The molecule has 23 heavy (non-hydrogen) atoms. The summed E-state index contributed by atoms with van der Waals surface area (Å²) in [6, 6.07) is 3.18. The van der Waals surface area contributed by atoms with Crippen LogP contribution in [0.4, 0.5) is 11.5 Å². The Hall–Kier alpha value is -2.77. The predicted molar refractivity (Wildman–Crippen MR) is 83.2 cm³/mol. The number of nitrogens with zero attached hydrogens (tertiary/aromatic N) is 4. The molecule has 0 atom stereocenters. The minimum absolute atomic E-state index is 0.00503. The van der Waals surface area contributed by atoms with E-state index in [1.165, 1.54) is 6.07 Å². The Morgan fingerprint density at radius 1 is 1.17 bits per heavy atom. The lowest BCUT2D eigenvalue weighted by Gasteiger charge is -2.29. The van der Waals surface area contributed by atoms with Crippen LogP contribution < -0.4 is 10.1 Å². The Labute approximate surface area is 133 Å². The van der Waals surface area contributed by atoms with Crippen molar-refractivity contribution < 1.29 is 9.66 Å². The van der Waals surface area contributed by atoms with Gasteiger partial charge in [0.05, 0.1) is 11.1 Å². The van der Waals surface area contributed by atoms with E-state index >= 15 is 0 Å². The average Bonchev–Trinajstić information content (AvgIpc) is 2.58. The number of ether oxygens (including phenoxy) is 1. The van der Waals surface area contributed by atoms with Crippen molar-refractivity contribution in [3.63, 3.8) is 0 Å². The molecule has 2 aromatic heterocycles. The summed E-state index contributed by atoms with van der Waals surface area (Å²) in [4.78, 5) is 22.8. The first kappa shape index (κ1) is 15.1. The highest BCUT2D eigenvalue weighted by molar-refractivity contribution is 5.55. The normalized spacial score (nSPS) is 20.7. The van der Waals surface area contributed by atoms with E-state index < -0.39 is 4.92 Å². The van der Waals surface area contributed by atoms with Crippen LogP contribution in [0.15, 0.2) is 36.9 Å². The lowest BCUT2D eigenvalue weighted by Crippen LogP contribution is -2.31. The third-order valence-corrected chi connectivity index (χ3v) is 3.83. The lowest BCUT2D eigenvalue weighted by atomic mass is 9.93. The van der Waals surface area contributed by atoms with Crippen molar-refractivity contribution in [2.45, 2.75) is 37.8 Å². The third-order valence-electron chi connectivity index (χ3n) is 3.83. The van der Waals surface area contributed by atoms with E-state index in [9.17, 15) is 10.1 Å². The first-order valence-electron chi connectivity index (χ1n) is 7.51. The van der Waals surface area contributed by atoms with E-state index in [4.69, 9.17) is 4.74 Å². The molecule has 3 rings (SSSR count). The Kier molecular flexibility index (Phi) is 4.60. The summed E-state index contributed by atoms with van der Waals surface area (Å²) in [6.07, 6.45) is 9.89. The van der Waals surface area contributed by atoms with Crippen LogP contribution in [0.3, 0.4) is 0 Å². The van der Waals surface area contributed by atoms with Gasteiger partial charge in [-0.2, -0.15) is 0 Å². The van der Waals surface area contributed by atoms with Crippen LogP contribution in [-0.2, 0) is 0 Å². The Morgan fingerprint density at radius 2 is 2.00 bits per heavy atom. The third kappa shape index (κ3) is 3.91. The zero-order valence-corrected chi connectivity index (χ0v) is 12.5. The molecule has 0 bridgehead atoms. The molecule has 2 heterocycles. The SMILES string of the molecule is O=[N+]([O-])c1cccnc1NC1CCC(Oc2cnccn2)CC1. The van der Waals surface area contributed by atoms with E-state index in [1.54, 1.807) is 30.9 Å². The molecule has 0 saturated heterocycles. The number of pyridine rings is 1. The van der Waals surface area contributed by atoms with Gasteiger partial charge in [0.25, 0.3) is 0 Å². The van der Waals surface area contributed by atoms with Crippen molar-refractivity contribution in [1.82, 2.24) is 15.0 Å². The predicted octanol–water partition coefficient (Wildman–Crippen LogP) is 2.58. The molecule has 0 radical (unpaired) electrons. The Morgan fingerprint density at radius 3 is 2.70 bits per heavy atom. The molecule has 1 saturated carbocycles. The van der Waals surface area contributed by atoms with Gasteiger partial charge in [-0.05, 0) is 31.7 Å². The van der Waals surface area contributed by atoms with Crippen molar-refractivity contribution >= 4 is 11.5 Å². The van der Waals surface area contributed by atoms with Crippen LogP contribution in [0.25, 0.3) is 0 Å². The van der Waals surface area contributed by atoms with Gasteiger partial charge in [-0.1, -0.05) is 0 Å². The molecule has 0 aromatic carbocycles. The minimum Gasteiger partial charge on any atom is -0.473 e. The van der Waals surface area contributed by atoms with Gasteiger partial charge in [-0.15, -0.1) is 0 Å². The van der Waals surface area contributed by atoms with Crippen LogP contribution in [0, 0.1) is 10.1 Å². The summed E-state index contributed by atoms with van der Waals surface area (Å²) >= 11 is 0. The standard InChI is InChI=1S/C15H17N5O3/c21-20(22)13-2-1-7-18-15(13)19-11-3-5-12(6-4-11)23-14-10-16-8-9-17-14/h1-2,7-12H,3-6H2,(H,18,19). The van der Waals surface area contributed by atoms with Crippen LogP contribution in [0.2, 0.25) is 0 Å². The van der Waals surface area contributed by atoms with Crippen molar-refractivity contribution in [3.05, 3.63) is 47.0 Å². The second-order valence-corrected chi connectivity index (χ2v) is 5.41. The number of hydrogen-bond donors (Lipinski definition) is 1. The fraction of sp³-hybridized carbons (Fsp3) is 0.400. The highest BCUT2D eigenvalue weighted by Gasteiger charge is 2.25. The van der Waals surface area contributed by atoms with Crippen LogP contribution >= 0.6 is 0 Å². The Balaban J connectivity index is 1.54. The maximum absolute atomic E-state index is 11.0. The van der Waals surface area contributed by atoms with E-state index in [0.717, 1.165) is 25.7 Å². The highest BCUT2D eigenvalue weighted by atomic mass is 16.6. The number of nitrogens with one attached hydrogen (secondary N) is 1. The molecular formula is C15H17N5O3. The summed E-state index contributed by atoms with van der Waals surface area (Å²) < 4.78 is 5.79. The number of nitro groups is 1. The number of anilines is 1. The fourth-order valence-electron chi connectivity index (χ4n) is 2.69. The molecule has 0 spiro atoms. The van der Waals surface area contributed by atoms with Gasteiger partial charge in [-0.3, -0.25) is 15.1 Å². The molecule has 1 aliphatic carbocycles. The second-order valence-electron chi connectivity index (χ2n) is 5.41. The molecule has 1 N–H and O–H groups in total. The van der Waals surface area contributed by atoms with Crippen LogP contribution in [-0.4, -0.2) is 32.0 Å². The van der Waals surface area contributed by atoms with Gasteiger partial charge in [0.2, 0.25) is 11.7 Å². The largest absolute Gasteiger partial charge is 0.473 e. The van der Waals surface area contributed by atoms with Gasteiger partial charge in [-0.25, -0.2) is 9.97 Å². The quantitative estimate of drug-likeness (QED) is 0.668. The first-order valence-corrected chi connectivity index (χ1v) is 7.51. The molecule has 0 aliphatic heterocycles. The summed E-state index contributed by atoms with van der Waals surface area (Å²) in [5.74, 6) is 0.861. The van der Waals surface area contributed by atoms with E-state index in [2.05, 4.69) is 20.3 Å². The monoisotopic (exact) mass is 315 g/mol. The average molecular weight is 315 g/mol. The van der Waals surface area contributed by atoms with Crippen LogP contribution in [0.1, 0.15) is 25.7 Å². The van der Waals surface area contributed by atoms with Gasteiger partial charge in [0.15, 0.2) is 0 Å². The minimum atomic E-state index is -0.419. The van der Waals surface area contributed by atoms with E-state index in [0.29, 0.717) is 11.7 Å². The number of rotatable bonds is 5. The van der Waals surface area contributed by atoms with Crippen LogP contribution in [0.5, 0.6) is 5.88 Å². The fourth-order valence-corrected chi connectivity index (χ4v) is 2.69. The molecule has 8 nitrogen and oxygen atoms in total. The zero-order valence-electron chi connectivity index (χ0n) is 12.5. The van der Waals surface area contributed by atoms with Crippen molar-refractivity contribution in [3.8, 4) is 5.88 Å². The zero-order chi connectivity index (χ0) is 16.1. The summed E-state index contributed by atoms with van der Waals surface area (Å²) in [7, 11) is 0. The number of aromatic nitrogens is 3. The summed E-state index contributed by atoms with van der Waals surface area (Å²) in [6.45, 7) is 0. The van der Waals surface area contributed by atoms with Gasteiger partial charge in [0, 0.05) is 30.7 Å². The highest BCUT2D eigenvalue weighted by Crippen LogP contribution is 2.27. The van der Waals surface area contributed by atoms with Crippen molar-refractivity contribution in [2.24, 2.45) is 0 Å². The summed E-state index contributed by atoms with van der Waals surface area (Å²) in [5, 5.41) is 14.2. The molecule has 0 unspecified atom stereocenters. The number of hydrogen-bond acceptors (Lipinski definition) is 7. The molecule has 0 amide bonds. The second kappa shape index (κ2) is 6.99. The topological polar surface area (TPSA) is 103 Å². The lowest BCUT2D eigenvalue weighted by molar-refractivity contribution is -0.384. The molecule has 1 fully saturated rings. The van der Waals surface area contributed by atoms with E-state index in [-0.39, 0.29) is 17.8 Å². The van der Waals surface area contributed by atoms with Gasteiger partial charge < -0.3 is 10.1 Å². The molecule has 120 valence electrons. The first-order chi connectivity index (χ1) is 11.2. The molecular weight excluding hydrogens is 298 g/mol. The van der Waals surface area contributed by atoms with Crippen molar-refractivity contribution in [2.75, 3.05) is 5.32 Å². The maximum Gasteiger partial charge on any atom is 0.311 e. The Bertz CT molecular complexity index is 659. The van der Waals surface area contributed by atoms with Gasteiger partial charge >= 0.3 is 5.69 Å². The molecule has 1 aliphatic rings. The summed E-state index contributed by atoms with van der Waals surface area (Å²) in [5.41, 5.74) is 0.00503. The molecule has 8 heteroatoms. The smallest absolute Gasteiger partial charge is 0.311 e.